The molecule has 128 valence electrons. The highest BCUT2D eigenvalue weighted by Crippen LogP contribution is 2.32. The van der Waals surface area contributed by atoms with Gasteiger partial charge in [0.2, 0.25) is 12.7 Å². The first-order chi connectivity index (χ1) is 12.1. The number of benzene rings is 2. The zero-order valence-electron chi connectivity index (χ0n) is 13.2. The number of anilines is 1. The van der Waals surface area contributed by atoms with Crippen LogP contribution in [0.4, 0.5) is 10.1 Å². The average Bonchev–Trinajstić information content (AvgIpc) is 3.18. The van der Waals surface area contributed by atoms with E-state index in [-0.39, 0.29) is 25.0 Å². The van der Waals surface area contributed by atoms with E-state index >= 15 is 0 Å². The molecule has 0 aromatic heterocycles. The van der Waals surface area contributed by atoms with Crippen LogP contribution < -0.4 is 19.7 Å². The van der Waals surface area contributed by atoms with Gasteiger partial charge in [-0.1, -0.05) is 6.07 Å². The Morgan fingerprint density at radius 3 is 2.64 bits per heavy atom. The second kappa shape index (κ2) is 6.18. The summed E-state index contributed by atoms with van der Waals surface area (Å²) in [4.78, 5) is 25.8. The van der Waals surface area contributed by atoms with Crippen LogP contribution in [0.2, 0.25) is 0 Å². The van der Waals surface area contributed by atoms with E-state index in [0.29, 0.717) is 23.7 Å². The quantitative estimate of drug-likeness (QED) is 0.861. The maximum atomic E-state index is 13.0. The van der Waals surface area contributed by atoms with Gasteiger partial charge in [0.25, 0.3) is 5.91 Å². The lowest BCUT2D eigenvalue weighted by atomic mass is 10.1. The molecule has 1 atom stereocenters. The Bertz CT molecular complexity index is 837. The number of carbonyl (C=O) groups is 2. The highest BCUT2D eigenvalue weighted by molar-refractivity contribution is 6.22. The molecule has 6 nitrogen and oxygen atoms in total. The highest BCUT2D eigenvalue weighted by atomic mass is 19.1. The first-order valence-corrected chi connectivity index (χ1v) is 7.86. The number of fused-ring (bicyclic) bond motifs is 1. The molecular weight excluding hydrogens is 327 g/mol. The number of halogens is 1. The highest BCUT2D eigenvalue weighted by Gasteiger charge is 2.39. The third-order valence-corrected chi connectivity index (χ3v) is 4.22. The van der Waals surface area contributed by atoms with Crippen molar-refractivity contribution in [3.63, 3.8) is 0 Å². The number of carbonyl (C=O) groups excluding carboxylic acids is 2. The second-order valence-corrected chi connectivity index (χ2v) is 5.87. The molecule has 0 bridgehead atoms. The van der Waals surface area contributed by atoms with Crippen LogP contribution in [0.15, 0.2) is 42.5 Å². The molecule has 4 rings (SSSR count). The van der Waals surface area contributed by atoms with Gasteiger partial charge in [-0.2, -0.15) is 0 Å². The zero-order valence-corrected chi connectivity index (χ0v) is 13.2. The maximum absolute atomic E-state index is 13.0. The van der Waals surface area contributed by atoms with E-state index in [0.717, 1.165) is 10.5 Å². The van der Waals surface area contributed by atoms with Crippen molar-refractivity contribution in [1.82, 2.24) is 5.32 Å². The van der Waals surface area contributed by atoms with Gasteiger partial charge in [-0.25, -0.2) is 9.29 Å². The van der Waals surface area contributed by atoms with Gasteiger partial charge in [0.05, 0.1) is 18.2 Å². The van der Waals surface area contributed by atoms with Crippen LogP contribution in [-0.2, 0) is 16.1 Å². The van der Waals surface area contributed by atoms with Crippen molar-refractivity contribution < 1.29 is 23.5 Å². The SMILES string of the molecule is O=C1C[C@@H](NCc2ccc3c(c2)OCO3)C(=O)N1c1ccc(F)cc1. The normalized spacial score (nSPS) is 18.9. The van der Waals surface area contributed by atoms with Crippen molar-refractivity contribution in [2.75, 3.05) is 11.7 Å². The Balaban J connectivity index is 1.44. The van der Waals surface area contributed by atoms with Gasteiger partial charge in [0, 0.05) is 6.54 Å². The molecule has 1 N–H and O–H groups in total. The van der Waals surface area contributed by atoms with E-state index in [9.17, 15) is 14.0 Å². The number of hydrogen-bond donors (Lipinski definition) is 1. The van der Waals surface area contributed by atoms with Gasteiger partial charge in [-0.15, -0.1) is 0 Å². The minimum absolute atomic E-state index is 0.0702. The van der Waals surface area contributed by atoms with Crippen LogP contribution in [0.25, 0.3) is 0 Å². The predicted molar refractivity (Wildman–Crippen MR) is 86.7 cm³/mol. The summed E-state index contributed by atoms with van der Waals surface area (Å²) in [7, 11) is 0. The minimum atomic E-state index is -0.608. The van der Waals surface area contributed by atoms with Gasteiger partial charge in [-0.05, 0) is 42.0 Å². The largest absolute Gasteiger partial charge is 0.454 e. The van der Waals surface area contributed by atoms with Gasteiger partial charge in [0.15, 0.2) is 11.5 Å². The number of hydrogen-bond acceptors (Lipinski definition) is 5. The fourth-order valence-electron chi connectivity index (χ4n) is 2.94. The fourth-order valence-corrected chi connectivity index (χ4v) is 2.94. The Morgan fingerprint density at radius 2 is 1.84 bits per heavy atom. The summed E-state index contributed by atoms with van der Waals surface area (Å²) in [6.45, 7) is 0.617. The average molecular weight is 342 g/mol. The van der Waals surface area contributed by atoms with E-state index in [1.54, 1.807) is 0 Å². The number of amides is 2. The van der Waals surface area contributed by atoms with Crippen molar-refractivity contribution in [3.8, 4) is 11.5 Å². The molecule has 2 aromatic carbocycles. The third kappa shape index (κ3) is 2.94. The lowest BCUT2D eigenvalue weighted by molar-refractivity contribution is -0.121. The Labute approximate surface area is 143 Å². The molecule has 0 saturated carbocycles. The molecule has 2 aliphatic heterocycles. The van der Waals surface area contributed by atoms with Crippen molar-refractivity contribution in [2.24, 2.45) is 0 Å². The molecule has 0 radical (unpaired) electrons. The molecule has 0 aliphatic carbocycles. The first kappa shape index (κ1) is 15.6. The fraction of sp³-hybridized carbons (Fsp3) is 0.222. The van der Waals surface area contributed by atoms with Gasteiger partial charge in [-0.3, -0.25) is 9.59 Å². The summed E-state index contributed by atoms with van der Waals surface area (Å²) in [5.41, 5.74) is 1.30. The summed E-state index contributed by atoms with van der Waals surface area (Å²) in [6, 6.07) is 10.2. The maximum Gasteiger partial charge on any atom is 0.251 e. The van der Waals surface area contributed by atoms with Crippen molar-refractivity contribution in [3.05, 3.63) is 53.8 Å². The van der Waals surface area contributed by atoms with Gasteiger partial charge < -0.3 is 14.8 Å². The van der Waals surface area contributed by atoms with Crippen LogP contribution >= 0.6 is 0 Å². The van der Waals surface area contributed by atoms with E-state index in [1.807, 2.05) is 18.2 Å². The lowest BCUT2D eigenvalue weighted by Crippen LogP contribution is -2.38. The summed E-state index contributed by atoms with van der Waals surface area (Å²) in [6.07, 6.45) is 0.0702. The van der Waals surface area contributed by atoms with Gasteiger partial charge >= 0.3 is 0 Å². The van der Waals surface area contributed by atoms with E-state index in [2.05, 4.69) is 5.32 Å². The molecule has 2 heterocycles. The number of rotatable bonds is 4. The molecule has 2 amide bonds. The van der Waals surface area contributed by atoms with Crippen molar-refractivity contribution in [1.29, 1.82) is 0 Å². The molecule has 2 aromatic rings. The van der Waals surface area contributed by atoms with E-state index < -0.39 is 11.9 Å². The number of imide groups is 1. The summed E-state index contributed by atoms with van der Waals surface area (Å²) in [5, 5.41) is 3.10. The van der Waals surface area contributed by atoms with Crippen LogP contribution in [0.5, 0.6) is 11.5 Å². The van der Waals surface area contributed by atoms with E-state index in [1.165, 1.54) is 24.3 Å². The third-order valence-electron chi connectivity index (χ3n) is 4.22. The summed E-state index contributed by atoms with van der Waals surface area (Å²) < 4.78 is 23.6. The standard InChI is InChI=1S/C18H15FN2O4/c19-12-2-4-13(5-3-12)21-17(22)8-14(18(21)23)20-9-11-1-6-15-16(7-11)25-10-24-15/h1-7,14,20H,8-10H2/t14-/m1/s1. The summed E-state index contributed by atoms with van der Waals surface area (Å²) >= 11 is 0. The predicted octanol–water partition coefficient (Wildman–Crippen LogP) is 1.98. The molecule has 1 saturated heterocycles. The van der Waals surface area contributed by atoms with Crippen LogP contribution in [-0.4, -0.2) is 24.6 Å². The lowest BCUT2D eigenvalue weighted by Gasteiger charge is -2.15. The Morgan fingerprint density at radius 1 is 1.08 bits per heavy atom. The van der Waals surface area contributed by atoms with E-state index in [4.69, 9.17) is 9.47 Å². The number of nitrogens with zero attached hydrogens (tertiary/aromatic N) is 1. The molecule has 0 spiro atoms. The number of nitrogens with one attached hydrogen (secondary N) is 1. The molecule has 0 unspecified atom stereocenters. The van der Waals surface area contributed by atoms with Crippen molar-refractivity contribution >= 4 is 17.5 Å². The van der Waals surface area contributed by atoms with Crippen molar-refractivity contribution in [2.45, 2.75) is 19.0 Å². The molecular formula is C18H15FN2O4. The zero-order chi connectivity index (χ0) is 17.4. The minimum Gasteiger partial charge on any atom is -0.454 e. The molecule has 2 aliphatic rings. The topological polar surface area (TPSA) is 67.9 Å². The van der Waals surface area contributed by atoms with Gasteiger partial charge in [0.1, 0.15) is 5.82 Å². The molecule has 25 heavy (non-hydrogen) atoms. The van der Waals surface area contributed by atoms with Crippen LogP contribution in [0.3, 0.4) is 0 Å². The Kier molecular flexibility index (Phi) is 3.85. The molecule has 7 heteroatoms. The van der Waals surface area contributed by atoms with Crippen LogP contribution in [0, 0.1) is 5.82 Å². The summed E-state index contributed by atoms with van der Waals surface area (Å²) in [5.74, 6) is 0.303. The molecule has 1 fully saturated rings. The second-order valence-electron chi connectivity index (χ2n) is 5.87. The van der Waals surface area contributed by atoms with Crippen LogP contribution in [0.1, 0.15) is 12.0 Å². The number of ether oxygens (including phenoxy) is 2. The first-order valence-electron chi connectivity index (χ1n) is 7.86. The smallest absolute Gasteiger partial charge is 0.251 e. The monoisotopic (exact) mass is 342 g/mol. The Hall–Kier alpha value is -2.93.